The van der Waals surface area contributed by atoms with E-state index < -0.39 is 6.09 Å². The van der Waals surface area contributed by atoms with E-state index in [1.54, 1.807) is 31.2 Å². The predicted octanol–water partition coefficient (Wildman–Crippen LogP) is 3.19. The topological polar surface area (TPSA) is 91.5 Å². The Hall–Kier alpha value is -2.35. The van der Waals surface area contributed by atoms with E-state index in [1.807, 2.05) is 0 Å². The molecule has 148 valence electrons. The van der Waals surface area contributed by atoms with Gasteiger partial charge in [-0.05, 0) is 55.6 Å². The van der Waals surface area contributed by atoms with Crippen LogP contribution < -0.4 is 21.5 Å². The zero-order valence-corrected chi connectivity index (χ0v) is 16.8. The largest absolute Gasteiger partial charge is 0.450 e. The smallest absolute Gasteiger partial charge is 0.411 e. The molecule has 0 spiro atoms. The van der Waals surface area contributed by atoms with Crippen molar-refractivity contribution >= 4 is 35.0 Å². The Kier molecular flexibility index (Phi) is 7.84. The molecule has 8 heteroatoms. The number of thiocarbonyl (C=S) groups is 1. The summed E-state index contributed by atoms with van der Waals surface area (Å²) in [7, 11) is 0. The number of anilines is 1. The molecule has 0 saturated heterocycles. The standard InChI is InChI=1S/C19H28N4O3S/c1-4-26-19(25)20-15-9-6-8-14(11-15)17(24)22-23-18(27)21-16-10-5-7-12(2)13(16)3/h6,8-9,11-13,16H,4-5,7,10H2,1-3H3,(H,20,25)(H,22,24)(H2,21,23,27)/t12-,13-,16+/m0/s1. The lowest BCUT2D eigenvalue weighted by molar-refractivity contribution is 0.0943. The maximum Gasteiger partial charge on any atom is 0.411 e. The Balaban J connectivity index is 1.84. The second kappa shape index (κ2) is 10.1. The first-order valence-electron chi connectivity index (χ1n) is 9.31. The fourth-order valence-electron chi connectivity index (χ4n) is 3.20. The Morgan fingerprint density at radius 1 is 1.22 bits per heavy atom. The fraction of sp³-hybridized carbons (Fsp3) is 0.526. The third-order valence-corrected chi connectivity index (χ3v) is 5.18. The molecule has 0 radical (unpaired) electrons. The SMILES string of the molecule is CCOC(=O)Nc1cccc(C(=O)NNC(=S)N[C@@H]2CCC[C@H](C)[C@@H]2C)c1. The van der Waals surface area contributed by atoms with Crippen molar-refractivity contribution in [2.45, 2.75) is 46.1 Å². The van der Waals surface area contributed by atoms with Gasteiger partial charge < -0.3 is 10.1 Å². The molecule has 3 atom stereocenters. The predicted molar refractivity (Wildman–Crippen MR) is 109 cm³/mol. The molecule has 27 heavy (non-hydrogen) atoms. The third kappa shape index (κ3) is 6.39. The van der Waals surface area contributed by atoms with E-state index in [2.05, 4.69) is 35.3 Å². The Labute approximate surface area is 165 Å². The summed E-state index contributed by atoms with van der Waals surface area (Å²) >= 11 is 5.30. The fourth-order valence-corrected chi connectivity index (χ4v) is 3.40. The Morgan fingerprint density at radius 3 is 2.74 bits per heavy atom. The molecule has 0 aromatic heterocycles. The number of carbonyl (C=O) groups is 2. The van der Waals surface area contributed by atoms with Gasteiger partial charge in [0.05, 0.1) is 6.61 Å². The van der Waals surface area contributed by atoms with Crippen LogP contribution in [0.5, 0.6) is 0 Å². The molecule has 1 aromatic carbocycles. The zero-order valence-electron chi connectivity index (χ0n) is 16.0. The van der Waals surface area contributed by atoms with Crippen molar-refractivity contribution in [2.24, 2.45) is 11.8 Å². The molecule has 1 fully saturated rings. The van der Waals surface area contributed by atoms with Crippen molar-refractivity contribution in [1.29, 1.82) is 0 Å². The van der Waals surface area contributed by atoms with Gasteiger partial charge >= 0.3 is 6.09 Å². The highest BCUT2D eigenvalue weighted by Gasteiger charge is 2.27. The van der Waals surface area contributed by atoms with Crippen LogP contribution in [0.15, 0.2) is 24.3 Å². The number of ether oxygens (including phenoxy) is 1. The summed E-state index contributed by atoms with van der Waals surface area (Å²) < 4.78 is 4.83. The van der Waals surface area contributed by atoms with E-state index in [0.717, 1.165) is 6.42 Å². The van der Waals surface area contributed by atoms with E-state index in [4.69, 9.17) is 17.0 Å². The maximum absolute atomic E-state index is 12.3. The van der Waals surface area contributed by atoms with Crippen LogP contribution in [0.1, 0.15) is 50.4 Å². The molecular weight excluding hydrogens is 364 g/mol. The van der Waals surface area contributed by atoms with Crippen molar-refractivity contribution in [3.63, 3.8) is 0 Å². The number of hydrogen-bond acceptors (Lipinski definition) is 4. The van der Waals surface area contributed by atoms with Crippen molar-refractivity contribution in [2.75, 3.05) is 11.9 Å². The van der Waals surface area contributed by atoms with Gasteiger partial charge in [-0.25, -0.2) is 4.79 Å². The lowest BCUT2D eigenvalue weighted by Gasteiger charge is -2.35. The molecule has 2 rings (SSSR count). The van der Waals surface area contributed by atoms with Crippen LogP contribution in [0.2, 0.25) is 0 Å². The lowest BCUT2D eigenvalue weighted by atomic mass is 9.78. The summed E-state index contributed by atoms with van der Waals surface area (Å²) in [5.41, 5.74) is 6.20. The van der Waals surface area contributed by atoms with Crippen LogP contribution in [0.3, 0.4) is 0 Å². The molecule has 0 heterocycles. The molecule has 7 nitrogen and oxygen atoms in total. The highest BCUT2D eigenvalue weighted by Crippen LogP contribution is 2.29. The minimum absolute atomic E-state index is 0.277. The van der Waals surface area contributed by atoms with E-state index in [1.165, 1.54) is 12.8 Å². The Morgan fingerprint density at radius 2 is 2.00 bits per heavy atom. The number of benzene rings is 1. The molecule has 0 unspecified atom stereocenters. The van der Waals surface area contributed by atoms with Crippen molar-refractivity contribution in [1.82, 2.24) is 16.2 Å². The normalized spacial score (nSPS) is 21.7. The second-order valence-corrected chi connectivity index (χ2v) is 7.26. The minimum Gasteiger partial charge on any atom is -0.450 e. The molecule has 4 N–H and O–H groups in total. The van der Waals surface area contributed by atoms with E-state index >= 15 is 0 Å². The number of amides is 2. The van der Waals surface area contributed by atoms with Crippen molar-refractivity contribution < 1.29 is 14.3 Å². The van der Waals surface area contributed by atoms with Crippen LogP contribution in [0.25, 0.3) is 0 Å². The van der Waals surface area contributed by atoms with E-state index in [9.17, 15) is 9.59 Å². The van der Waals surface area contributed by atoms with Gasteiger partial charge in [-0.3, -0.25) is 21.0 Å². The van der Waals surface area contributed by atoms with Gasteiger partial charge in [0.1, 0.15) is 0 Å². The second-order valence-electron chi connectivity index (χ2n) is 6.85. The summed E-state index contributed by atoms with van der Waals surface area (Å²) in [6.07, 6.45) is 2.93. The van der Waals surface area contributed by atoms with Gasteiger partial charge in [0.25, 0.3) is 5.91 Å². The quantitative estimate of drug-likeness (QED) is 0.465. The summed E-state index contributed by atoms with van der Waals surface area (Å²) in [4.78, 5) is 23.8. The lowest BCUT2D eigenvalue weighted by Crippen LogP contribution is -2.52. The van der Waals surface area contributed by atoms with E-state index in [0.29, 0.717) is 34.2 Å². The molecule has 1 aliphatic carbocycles. The van der Waals surface area contributed by atoms with Gasteiger partial charge in [-0.15, -0.1) is 0 Å². The van der Waals surface area contributed by atoms with Crippen LogP contribution in [-0.4, -0.2) is 29.8 Å². The van der Waals surface area contributed by atoms with Gasteiger partial charge in [0.2, 0.25) is 0 Å². The molecule has 1 saturated carbocycles. The van der Waals surface area contributed by atoms with Crippen LogP contribution in [0.4, 0.5) is 10.5 Å². The molecule has 0 bridgehead atoms. The van der Waals surface area contributed by atoms with Crippen molar-refractivity contribution in [3.05, 3.63) is 29.8 Å². The number of hydrogen-bond donors (Lipinski definition) is 4. The number of rotatable bonds is 4. The van der Waals surface area contributed by atoms with Crippen LogP contribution >= 0.6 is 12.2 Å². The molecule has 1 aromatic rings. The summed E-state index contributed by atoms with van der Waals surface area (Å²) in [5, 5.41) is 6.25. The number of hydrazine groups is 1. The highest BCUT2D eigenvalue weighted by atomic mass is 32.1. The summed E-state index contributed by atoms with van der Waals surface area (Å²) in [5.74, 6) is 0.833. The average molecular weight is 393 g/mol. The van der Waals surface area contributed by atoms with Crippen LogP contribution in [-0.2, 0) is 4.74 Å². The van der Waals surface area contributed by atoms with Gasteiger partial charge in [-0.2, -0.15) is 0 Å². The molecule has 1 aliphatic rings. The number of nitrogens with one attached hydrogen (secondary N) is 4. The molecule has 0 aliphatic heterocycles. The first-order chi connectivity index (χ1) is 12.9. The van der Waals surface area contributed by atoms with Crippen molar-refractivity contribution in [3.8, 4) is 0 Å². The highest BCUT2D eigenvalue weighted by molar-refractivity contribution is 7.80. The summed E-state index contributed by atoms with van der Waals surface area (Å²) in [6.45, 7) is 6.48. The van der Waals surface area contributed by atoms with Gasteiger partial charge in [0, 0.05) is 17.3 Å². The minimum atomic E-state index is -0.561. The van der Waals surface area contributed by atoms with Gasteiger partial charge in [0.15, 0.2) is 5.11 Å². The first-order valence-corrected chi connectivity index (χ1v) is 9.72. The third-order valence-electron chi connectivity index (χ3n) is 4.96. The monoisotopic (exact) mass is 392 g/mol. The van der Waals surface area contributed by atoms with Gasteiger partial charge in [-0.1, -0.05) is 32.8 Å². The summed E-state index contributed by atoms with van der Waals surface area (Å²) in [6, 6.07) is 6.88. The van der Waals surface area contributed by atoms with Crippen LogP contribution in [0, 0.1) is 11.8 Å². The Bertz CT molecular complexity index is 683. The number of carbonyl (C=O) groups excluding carboxylic acids is 2. The average Bonchev–Trinajstić information content (AvgIpc) is 2.64. The first kappa shape index (κ1) is 21.0. The van der Waals surface area contributed by atoms with E-state index in [-0.39, 0.29) is 12.5 Å². The maximum atomic E-state index is 12.3. The molecular formula is C19H28N4O3S. The zero-order chi connectivity index (χ0) is 19.8. The molecule has 2 amide bonds.